The predicted molar refractivity (Wildman–Crippen MR) is 82.0 cm³/mol. The Kier molecular flexibility index (Phi) is 2.90. The molecule has 1 heterocycles. The molecule has 3 heteroatoms. The van der Waals surface area contributed by atoms with Crippen LogP contribution in [0.1, 0.15) is 48.0 Å². The van der Waals surface area contributed by atoms with Gasteiger partial charge in [-0.3, -0.25) is 9.69 Å². The molecule has 2 fully saturated rings. The number of Topliss-reactive ketones (excluding diaryl/α,β-unsaturated/α-hetero) is 1. The summed E-state index contributed by atoms with van der Waals surface area (Å²) in [7, 11) is 3.83. The molecule has 3 atom stereocenters. The predicted octanol–water partition coefficient (Wildman–Crippen LogP) is 3.02. The molecule has 3 unspecified atom stereocenters. The van der Waals surface area contributed by atoms with Crippen molar-refractivity contribution in [3.05, 3.63) is 29.3 Å². The molecule has 2 aliphatic carbocycles. The highest BCUT2D eigenvalue weighted by Gasteiger charge is 2.56. The van der Waals surface area contributed by atoms with E-state index < -0.39 is 0 Å². The minimum Gasteiger partial charge on any atom is -0.497 e. The van der Waals surface area contributed by atoms with Crippen LogP contribution in [0.3, 0.4) is 0 Å². The maximum atomic E-state index is 13.0. The van der Waals surface area contributed by atoms with Crippen LogP contribution in [0.15, 0.2) is 18.2 Å². The number of ether oxygens (including phenoxy) is 1. The lowest BCUT2D eigenvalue weighted by molar-refractivity contribution is 0.00835. The summed E-state index contributed by atoms with van der Waals surface area (Å²) in [5, 5.41) is 0. The Hall–Kier alpha value is -1.35. The van der Waals surface area contributed by atoms with Crippen molar-refractivity contribution in [3.8, 4) is 5.75 Å². The first-order valence-corrected chi connectivity index (χ1v) is 8.10. The number of hydrogen-bond donors (Lipinski definition) is 0. The lowest BCUT2D eigenvalue weighted by atomic mass is 9.52. The van der Waals surface area contributed by atoms with Gasteiger partial charge in [0.15, 0.2) is 5.78 Å². The fourth-order valence-corrected chi connectivity index (χ4v) is 5.15. The van der Waals surface area contributed by atoms with Crippen LogP contribution in [-0.2, 0) is 5.41 Å². The normalized spacial score (nSPS) is 35.0. The molecular weight excluding hydrogens is 262 g/mol. The lowest BCUT2D eigenvalue weighted by Crippen LogP contribution is -2.62. The van der Waals surface area contributed by atoms with Gasteiger partial charge in [-0.25, -0.2) is 0 Å². The fourth-order valence-electron chi connectivity index (χ4n) is 5.15. The van der Waals surface area contributed by atoms with E-state index in [1.165, 1.54) is 37.7 Å². The summed E-state index contributed by atoms with van der Waals surface area (Å²) in [5.74, 6) is 1.71. The van der Waals surface area contributed by atoms with E-state index in [0.717, 1.165) is 17.9 Å². The van der Waals surface area contributed by atoms with Gasteiger partial charge in [-0.2, -0.15) is 0 Å². The number of ketones is 1. The average molecular weight is 285 g/mol. The highest BCUT2D eigenvalue weighted by molar-refractivity contribution is 6.03. The van der Waals surface area contributed by atoms with Gasteiger partial charge in [0.1, 0.15) is 5.75 Å². The molecule has 1 aromatic carbocycles. The summed E-state index contributed by atoms with van der Waals surface area (Å²) >= 11 is 0. The summed E-state index contributed by atoms with van der Waals surface area (Å²) in [6.45, 7) is 1.03. The summed E-state index contributed by atoms with van der Waals surface area (Å²) < 4.78 is 5.43. The van der Waals surface area contributed by atoms with Crippen molar-refractivity contribution in [1.82, 2.24) is 4.90 Å². The van der Waals surface area contributed by atoms with Crippen LogP contribution in [0.25, 0.3) is 0 Å². The highest BCUT2D eigenvalue weighted by atomic mass is 16.5. The lowest BCUT2D eigenvalue weighted by Gasteiger charge is -2.57. The Labute approximate surface area is 126 Å². The second-order valence-electron chi connectivity index (χ2n) is 6.96. The molecule has 1 aliphatic heterocycles. The molecule has 0 spiro atoms. The van der Waals surface area contributed by atoms with E-state index in [9.17, 15) is 4.79 Å². The van der Waals surface area contributed by atoms with Gasteiger partial charge >= 0.3 is 0 Å². The zero-order valence-corrected chi connectivity index (χ0v) is 12.9. The Balaban J connectivity index is 1.95. The topological polar surface area (TPSA) is 29.5 Å². The van der Waals surface area contributed by atoms with Gasteiger partial charge in [-0.1, -0.05) is 12.8 Å². The van der Waals surface area contributed by atoms with E-state index in [4.69, 9.17) is 4.74 Å². The average Bonchev–Trinajstić information content (AvgIpc) is 2.53. The molecule has 1 aromatic rings. The van der Waals surface area contributed by atoms with Gasteiger partial charge in [-0.15, -0.1) is 0 Å². The number of carbonyl (C=O) groups is 1. The van der Waals surface area contributed by atoms with E-state index in [1.807, 2.05) is 12.1 Å². The number of benzene rings is 1. The number of rotatable bonds is 1. The number of piperidine rings is 1. The van der Waals surface area contributed by atoms with Crippen molar-refractivity contribution in [2.75, 3.05) is 20.7 Å². The van der Waals surface area contributed by atoms with Crippen LogP contribution in [0, 0.1) is 5.92 Å². The first-order chi connectivity index (χ1) is 10.2. The van der Waals surface area contributed by atoms with Crippen molar-refractivity contribution in [2.24, 2.45) is 5.92 Å². The van der Waals surface area contributed by atoms with E-state index >= 15 is 0 Å². The number of hydrogen-bond acceptors (Lipinski definition) is 3. The molecule has 0 aromatic heterocycles. The van der Waals surface area contributed by atoms with E-state index in [0.29, 0.717) is 11.7 Å². The van der Waals surface area contributed by atoms with Gasteiger partial charge in [0.2, 0.25) is 0 Å². The van der Waals surface area contributed by atoms with Gasteiger partial charge in [0.05, 0.1) is 13.2 Å². The molecule has 4 rings (SSSR count). The molecule has 0 N–H and O–H groups in total. The van der Waals surface area contributed by atoms with Crippen LogP contribution >= 0.6 is 0 Å². The van der Waals surface area contributed by atoms with Gasteiger partial charge in [0.25, 0.3) is 0 Å². The van der Waals surface area contributed by atoms with E-state index in [1.54, 1.807) is 7.11 Å². The summed E-state index contributed by atoms with van der Waals surface area (Å²) in [4.78, 5) is 15.3. The third-order valence-electron chi connectivity index (χ3n) is 6.16. The Morgan fingerprint density at radius 1 is 1.29 bits per heavy atom. The van der Waals surface area contributed by atoms with Crippen LogP contribution in [0.4, 0.5) is 0 Å². The standard InChI is InChI=1S/C18H23NO2/c1-19-10-9-18-8-4-3-5-14(18)16(19)17(20)13-7-6-12(21-2)11-15(13)18/h6-7,11,14,16H,3-5,8-10H2,1-2H3. The van der Waals surface area contributed by atoms with Gasteiger partial charge < -0.3 is 4.74 Å². The molecule has 2 bridgehead atoms. The monoisotopic (exact) mass is 285 g/mol. The first-order valence-electron chi connectivity index (χ1n) is 8.10. The minimum absolute atomic E-state index is 0.0972. The molecular formula is C18H23NO2. The number of likely N-dealkylation sites (tertiary alicyclic amines) is 1. The number of likely N-dealkylation sites (N-methyl/N-ethyl adjacent to an activating group) is 1. The van der Waals surface area contributed by atoms with Crippen LogP contribution in [0.2, 0.25) is 0 Å². The smallest absolute Gasteiger partial charge is 0.180 e. The second-order valence-corrected chi connectivity index (χ2v) is 6.96. The molecule has 1 saturated carbocycles. The molecule has 0 amide bonds. The van der Waals surface area contributed by atoms with Gasteiger partial charge in [0, 0.05) is 11.0 Å². The van der Waals surface area contributed by atoms with Crippen molar-refractivity contribution < 1.29 is 9.53 Å². The highest BCUT2D eigenvalue weighted by Crippen LogP contribution is 2.55. The summed E-state index contributed by atoms with van der Waals surface area (Å²) in [5.41, 5.74) is 2.44. The first kappa shape index (κ1) is 13.3. The zero-order chi connectivity index (χ0) is 14.6. The van der Waals surface area contributed by atoms with Crippen LogP contribution in [-0.4, -0.2) is 37.4 Å². The third kappa shape index (κ3) is 1.67. The molecule has 3 aliphatic rings. The Bertz CT molecular complexity index is 597. The molecule has 3 nitrogen and oxygen atoms in total. The van der Waals surface area contributed by atoms with Gasteiger partial charge in [-0.05, 0) is 62.5 Å². The summed E-state index contributed by atoms with van der Waals surface area (Å²) in [6, 6.07) is 6.18. The SMILES string of the molecule is COc1ccc2c(c1)C13CCCCC1C(C2=O)N(C)CC3. The van der Waals surface area contributed by atoms with Crippen molar-refractivity contribution in [3.63, 3.8) is 0 Å². The molecule has 1 saturated heterocycles. The maximum absolute atomic E-state index is 13.0. The van der Waals surface area contributed by atoms with E-state index in [-0.39, 0.29) is 11.5 Å². The number of carbonyl (C=O) groups excluding carboxylic acids is 1. The minimum atomic E-state index is 0.0972. The summed E-state index contributed by atoms with van der Waals surface area (Å²) in [6.07, 6.45) is 6.16. The van der Waals surface area contributed by atoms with Crippen LogP contribution in [0.5, 0.6) is 5.75 Å². The number of nitrogens with zero attached hydrogens (tertiary/aromatic N) is 1. The molecule has 112 valence electrons. The fraction of sp³-hybridized carbons (Fsp3) is 0.611. The van der Waals surface area contributed by atoms with Crippen molar-refractivity contribution in [1.29, 1.82) is 0 Å². The van der Waals surface area contributed by atoms with Crippen LogP contribution < -0.4 is 4.74 Å². The molecule has 21 heavy (non-hydrogen) atoms. The second kappa shape index (κ2) is 4.57. The number of methoxy groups -OCH3 is 1. The third-order valence-corrected chi connectivity index (χ3v) is 6.16. The van der Waals surface area contributed by atoms with Crippen molar-refractivity contribution >= 4 is 5.78 Å². The Morgan fingerprint density at radius 2 is 2.14 bits per heavy atom. The van der Waals surface area contributed by atoms with E-state index in [2.05, 4.69) is 18.0 Å². The molecule has 0 radical (unpaired) electrons. The Morgan fingerprint density at radius 3 is 2.95 bits per heavy atom. The maximum Gasteiger partial charge on any atom is 0.180 e. The van der Waals surface area contributed by atoms with Crippen molar-refractivity contribution in [2.45, 2.75) is 43.6 Å². The zero-order valence-electron chi connectivity index (χ0n) is 12.9. The number of fused-ring (bicyclic) bond motifs is 1. The largest absolute Gasteiger partial charge is 0.497 e. The quantitative estimate of drug-likeness (QED) is 0.794.